The summed E-state index contributed by atoms with van der Waals surface area (Å²) in [6.07, 6.45) is 5.91. The van der Waals surface area contributed by atoms with E-state index in [1.165, 1.54) is 31.4 Å². The summed E-state index contributed by atoms with van der Waals surface area (Å²) in [4.78, 5) is 16.4. The molecule has 0 radical (unpaired) electrons. The van der Waals surface area contributed by atoms with Crippen molar-refractivity contribution in [2.24, 2.45) is 5.92 Å². The van der Waals surface area contributed by atoms with E-state index in [-0.39, 0.29) is 5.91 Å². The van der Waals surface area contributed by atoms with Gasteiger partial charge in [0, 0.05) is 37.4 Å². The van der Waals surface area contributed by atoms with E-state index in [1.54, 1.807) is 0 Å². The maximum atomic E-state index is 12.1. The van der Waals surface area contributed by atoms with Gasteiger partial charge in [-0.15, -0.1) is 0 Å². The summed E-state index contributed by atoms with van der Waals surface area (Å²) in [5.41, 5.74) is 2.32. The van der Waals surface area contributed by atoms with Crippen molar-refractivity contribution in [2.75, 3.05) is 35.2 Å². The Hall–Kier alpha value is -1.16. The smallest absolute Gasteiger partial charge is 0.227 e. The number of thiol groups is 1. The van der Waals surface area contributed by atoms with Crippen LogP contribution in [0.15, 0.2) is 24.3 Å². The molecule has 21 heavy (non-hydrogen) atoms. The molecular formula is C17H24N2OS. The molecule has 1 atom stereocenters. The molecule has 0 spiro atoms. The molecule has 3 nitrogen and oxygen atoms in total. The lowest BCUT2D eigenvalue weighted by atomic mass is 10.1. The van der Waals surface area contributed by atoms with E-state index in [2.05, 4.69) is 41.8 Å². The summed E-state index contributed by atoms with van der Waals surface area (Å²) in [6.45, 7) is 3.12. The Kier molecular flexibility index (Phi) is 4.73. The van der Waals surface area contributed by atoms with Gasteiger partial charge in [-0.3, -0.25) is 4.79 Å². The molecule has 0 bridgehead atoms. The van der Waals surface area contributed by atoms with Crippen LogP contribution in [0.1, 0.15) is 32.1 Å². The van der Waals surface area contributed by atoms with Crippen molar-refractivity contribution in [2.45, 2.75) is 32.1 Å². The number of rotatable bonds is 3. The fourth-order valence-electron chi connectivity index (χ4n) is 3.33. The Labute approximate surface area is 132 Å². The molecule has 3 rings (SSSR count). The predicted molar refractivity (Wildman–Crippen MR) is 91.4 cm³/mol. The van der Waals surface area contributed by atoms with Gasteiger partial charge < -0.3 is 9.80 Å². The molecule has 0 N–H and O–H groups in total. The lowest BCUT2D eigenvalue weighted by Crippen LogP contribution is -2.26. The number of hydrogen-bond acceptors (Lipinski definition) is 3. The van der Waals surface area contributed by atoms with Crippen LogP contribution in [0.25, 0.3) is 0 Å². The molecular weight excluding hydrogens is 280 g/mol. The highest BCUT2D eigenvalue weighted by Gasteiger charge is 2.29. The van der Waals surface area contributed by atoms with Crippen molar-refractivity contribution in [3.05, 3.63) is 24.3 Å². The van der Waals surface area contributed by atoms with Crippen LogP contribution in [-0.4, -0.2) is 31.3 Å². The molecule has 114 valence electrons. The molecule has 1 amide bonds. The van der Waals surface area contributed by atoms with Crippen molar-refractivity contribution >= 4 is 29.9 Å². The van der Waals surface area contributed by atoms with E-state index in [1.807, 2.05) is 4.90 Å². The highest BCUT2D eigenvalue weighted by Crippen LogP contribution is 2.28. The van der Waals surface area contributed by atoms with Gasteiger partial charge in [-0.1, -0.05) is 12.8 Å². The fraction of sp³-hybridized carbons (Fsp3) is 0.588. The average Bonchev–Trinajstić information content (AvgIpc) is 2.73. The van der Waals surface area contributed by atoms with Crippen molar-refractivity contribution in [1.29, 1.82) is 0 Å². The number of anilines is 2. The zero-order valence-corrected chi connectivity index (χ0v) is 13.4. The molecule has 2 aliphatic heterocycles. The van der Waals surface area contributed by atoms with Crippen LogP contribution in [-0.2, 0) is 4.79 Å². The number of benzene rings is 1. The topological polar surface area (TPSA) is 23.6 Å². The van der Waals surface area contributed by atoms with E-state index in [9.17, 15) is 4.79 Å². The van der Waals surface area contributed by atoms with Gasteiger partial charge in [0.05, 0.1) is 0 Å². The summed E-state index contributed by atoms with van der Waals surface area (Å²) in [7, 11) is 0. The molecule has 0 aliphatic carbocycles. The van der Waals surface area contributed by atoms with Gasteiger partial charge in [0.15, 0.2) is 0 Å². The van der Waals surface area contributed by atoms with Gasteiger partial charge in [0.25, 0.3) is 0 Å². The monoisotopic (exact) mass is 304 g/mol. The highest BCUT2D eigenvalue weighted by molar-refractivity contribution is 7.80. The van der Waals surface area contributed by atoms with E-state index < -0.39 is 0 Å². The molecule has 2 heterocycles. The van der Waals surface area contributed by atoms with Crippen LogP contribution >= 0.6 is 12.6 Å². The largest absolute Gasteiger partial charge is 0.372 e. The Morgan fingerprint density at radius 2 is 1.62 bits per heavy atom. The number of carbonyl (C=O) groups is 1. The second kappa shape index (κ2) is 6.73. The number of carbonyl (C=O) groups excluding carboxylic acids is 1. The lowest BCUT2D eigenvalue weighted by Gasteiger charge is -2.24. The van der Waals surface area contributed by atoms with E-state index in [0.717, 1.165) is 31.1 Å². The highest BCUT2D eigenvalue weighted by atomic mass is 32.1. The minimum absolute atomic E-state index is 0.233. The van der Waals surface area contributed by atoms with Crippen LogP contribution < -0.4 is 9.80 Å². The molecule has 2 saturated heterocycles. The zero-order valence-electron chi connectivity index (χ0n) is 12.5. The molecule has 2 fully saturated rings. The SMILES string of the molecule is O=C1CC(CS)CN1c1ccc(N2CCCCCC2)cc1. The summed E-state index contributed by atoms with van der Waals surface area (Å²) >= 11 is 4.32. The van der Waals surface area contributed by atoms with Gasteiger partial charge in [-0.05, 0) is 48.8 Å². The third-order valence-corrected chi connectivity index (χ3v) is 5.11. The summed E-state index contributed by atoms with van der Waals surface area (Å²) in [5, 5.41) is 0. The first-order valence-electron chi connectivity index (χ1n) is 8.04. The van der Waals surface area contributed by atoms with Crippen molar-refractivity contribution in [3.63, 3.8) is 0 Å². The minimum Gasteiger partial charge on any atom is -0.372 e. The standard InChI is InChI=1S/C17H24N2OS/c20-17-11-14(13-21)12-19(17)16-7-5-15(6-8-16)18-9-3-1-2-4-10-18/h5-8,14,21H,1-4,9-13H2. The first-order valence-corrected chi connectivity index (χ1v) is 8.67. The van der Waals surface area contributed by atoms with E-state index in [0.29, 0.717) is 12.3 Å². The van der Waals surface area contributed by atoms with Crippen LogP contribution in [0.4, 0.5) is 11.4 Å². The second-order valence-corrected chi connectivity index (χ2v) is 6.54. The summed E-state index contributed by atoms with van der Waals surface area (Å²) in [6, 6.07) is 8.53. The molecule has 2 aliphatic rings. The Morgan fingerprint density at radius 1 is 1.00 bits per heavy atom. The maximum absolute atomic E-state index is 12.1. The Morgan fingerprint density at radius 3 is 2.19 bits per heavy atom. The van der Waals surface area contributed by atoms with Crippen LogP contribution in [0.3, 0.4) is 0 Å². The third-order valence-electron chi connectivity index (χ3n) is 4.60. The number of amides is 1. The van der Waals surface area contributed by atoms with Gasteiger partial charge in [0.1, 0.15) is 0 Å². The quantitative estimate of drug-likeness (QED) is 0.866. The van der Waals surface area contributed by atoms with Gasteiger partial charge in [-0.2, -0.15) is 12.6 Å². The van der Waals surface area contributed by atoms with Crippen molar-refractivity contribution in [3.8, 4) is 0 Å². The Balaban J connectivity index is 1.70. The van der Waals surface area contributed by atoms with Gasteiger partial charge >= 0.3 is 0 Å². The maximum Gasteiger partial charge on any atom is 0.227 e. The molecule has 4 heteroatoms. The Bertz CT molecular complexity index is 480. The average molecular weight is 304 g/mol. The van der Waals surface area contributed by atoms with Crippen LogP contribution in [0, 0.1) is 5.92 Å². The summed E-state index contributed by atoms with van der Waals surface area (Å²) < 4.78 is 0. The fourth-order valence-corrected chi connectivity index (χ4v) is 3.57. The molecule has 1 aromatic carbocycles. The number of hydrogen-bond donors (Lipinski definition) is 1. The zero-order chi connectivity index (χ0) is 14.7. The lowest BCUT2D eigenvalue weighted by molar-refractivity contribution is -0.117. The first-order chi connectivity index (χ1) is 10.3. The predicted octanol–water partition coefficient (Wildman–Crippen LogP) is 3.35. The van der Waals surface area contributed by atoms with E-state index >= 15 is 0 Å². The van der Waals surface area contributed by atoms with Gasteiger partial charge in [-0.25, -0.2) is 0 Å². The minimum atomic E-state index is 0.233. The molecule has 0 aromatic heterocycles. The molecule has 1 aromatic rings. The van der Waals surface area contributed by atoms with Crippen molar-refractivity contribution in [1.82, 2.24) is 0 Å². The summed E-state index contributed by atoms with van der Waals surface area (Å²) in [5.74, 6) is 1.41. The van der Waals surface area contributed by atoms with Crippen LogP contribution in [0.2, 0.25) is 0 Å². The molecule has 1 unspecified atom stereocenters. The van der Waals surface area contributed by atoms with Crippen molar-refractivity contribution < 1.29 is 4.79 Å². The number of nitrogens with zero attached hydrogens (tertiary/aromatic N) is 2. The van der Waals surface area contributed by atoms with Crippen LogP contribution in [0.5, 0.6) is 0 Å². The van der Waals surface area contributed by atoms with Gasteiger partial charge in [0.2, 0.25) is 5.91 Å². The van der Waals surface area contributed by atoms with E-state index in [4.69, 9.17) is 0 Å². The first kappa shape index (κ1) is 14.8. The third kappa shape index (κ3) is 3.37. The molecule has 0 saturated carbocycles. The normalized spacial score (nSPS) is 23.5. The second-order valence-electron chi connectivity index (χ2n) is 6.17.